The number of aromatic nitrogens is 6. The van der Waals surface area contributed by atoms with Gasteiger partial charge < -0.3 is 0 Å². The number of H-pyrrole nitrogens is 1. The molecule has 0 unspecified atom stereocenters. The highest BCUT2D eigenvalue weighted by atomic mass is 15.3. The van der Waals surface area contributed by atoms with Crippen LogP contribution in [-0.4, -0.2) is 29.8 Å². The maximum atomic E-state index is 4.20. The van der Waals surface area contributed by atoms with Crippen molar-refractivity contribution in [1.29, 1.82) is 0 Å². The SMILES string of the molecule is Cc1cc(C)[nH]n1.c1cc(-n2cccn2)cc(-n2cccn2)c1. The lowest BCUT2D eigenvalue weighted by Gasteiger charge is -2.05. The molecule has 4 aromatic rings. The fraction of sp³-hybridized carbons (Fsp3) is 0.118. The van der Waals surface area contributed by atoms with Crippen molar-refractivity contribution in [2.75, 3.05) is 0 Å². The van der Waals surface area contributed by atoms with Crippen molar-refractivity contribution >= 4 is 0 Å². The summed E-state index contributed by atoms with van der Waals surface area (Å²) in [7, 11) is 0. The molecular formula is C17H18N6. The zero-order valence-electron chi connectivity index (χ0n) is 13.1. The average Bonchev–Trinajstić information content (AvgIpc) is 3.31. The highest BCUT2D eigenvalue weighted by Gasteiger charge is 1.99. The second-order valence-electron chi connectivity index (χ2n) is 5.11. The van der Waals surface area contributed by atoms with E-state index in [-0.39, 0.29) is 0 Å². The molecule has 0 spiro atoms. The van der Waals surface area contributed by atoms with Gasteiger partial charge in [-0.3, -0.25) is 5.10 Å². The van der Waals surface area contributed by atoms with Crippen LogP contribution in [0.2, 0.25) is 0 Å². The quantitative estimate of drug-likeness (QED) is 0.619. The summed E-state index contributed by atoms with van der Waals surface area (Å²) < 4.78 is 3.65. The minimum atomic E-state index is 1.03. The molecule has 0 radical (unpaired) electrons. The maximum absolute atomic E-state index is 4.20. The minimum Gasteiger partial charge on any atom is -0.283 e. The van der Waals surface area contributed by atoms with Crippen molar-refractivity contribution in [3.63, 3.8) is 0 Å². The first-order valence-corrected chi connectivity index (χ1v) is 7.31. The smallest absolute Gasteiger partial charge is 0.0667 e. The Morgan fingerprint density at radius 2 is 1.43 bits per heavy atom. The Bertz CT molecular complexity index is 777. The van der Waals surface area contributed by atoms with Crippen molar-refractivity contribution in [2.24, 2.45) is 0 Å². The molecular weight excluding hydrogens is 288 g/mol. The van der Waals surface area contributed by atoms with Crippen LogP contribution >= 0.6 is 0 Å². The minimum absolute atomic E-state index is 1.03. The summed E-state index contributed by atoms with van der Waals surface area (Å²) in [5.41, 5.74) is 4.23. The number of hydrogen-bond acceptors (Lipinski definition) is 3. The molecule has 0 amide bonds. The van der Waals surface area contributed by atoms with E-state index in [9.17, 15) is 0 Å². The van der Waals surface area contributed by atoms with Crippen LogP contribution < -0.4 is 0 Å². The van der Waals surface area contributed by atoms with Gasteiger partial charge in [-0.1, -0.05) is 6.07 Å². The molecule has 0 aliphatic carbocycles. The normalized spacial score (nSPS) is 10.2. The summed E-state index contributed by atoms with van der Waals surface area (Å²) in [6.07, 6.45) is 7.37. The van der Waals surface area contributed by atoms with Crippen LogP contribution in [0.1, 0.15) is 11.4 Å². The maximum Gasteiger partial charge on any atom is 0.0667 e. The van der Waals surface area contributed by atoms with Gasteiger partial charge in [0.25, 0.3) is 0 Å². The lowest BCUT2D eigenvalue weighted by atomic mass is 10.3. The Morgan fingerprint density at radius 3 is 1.78 bits per heavy atom. The van der Waals surface area contributed by atoms with E-state index >= 15 is 0 Å². The van der Waals surface area contributed by atoms with E-state index in [0.29, 0.717) is 0 Å². The molecule has 0 aliphatic heterocycles. The number of rotatable bonds is 2. The number of hydrogen-bond donors (Lipinski definition) is 1. The van der Waals surface area contributed by atoms with Gasteiger partial charge in [0, 0.05) is 30.5 Å². The lowest BCUT2D eigenvalue weighted by molar-refractivity contribution is 0.856. The molecule has 1 N–H and O–H groups in total. The van der Waals surface area contributed by atoms with Gasteiger partial charge in [0.15, 0.2) is 0 Å². The zero-order chi connectivity index (χ0) is 16.1. The molecule has 0 bridgehead atoms. The summed E-state index contributed by atoms with van der Waals surface area (Å²) in [5.74, 6) is 0. The summed E-state index contributed by atoms with van der Waals surface area (Å²) in [5, 5.41) is 15.1. The second kappa shape index (κ2) is 6.74. The van der Waals surface area contributed by atoms with Crippen LogP contribution in [0, 0.1) is 13.8 Å². The van der Waals surface area contributed by atoms with Crippen LogP contribution in [0.5, 0.6) is 0 Å². The van der Waals surface area contributed by atoms with Crippen LogP contribution in [0.4, 0.5) is 0 Å². The molecule has 6 heteroatoms. The van der Waals surface area contributed by atoms with Gasteiger partial charge >= 0.3 is 0 Å². The molecule has 6 nitrogen and oxygen atoms in total. The van der Waals surface area contributed by atoms with Gasteiger partial charge in [0.05, 0.1) is 17.1 Å². The Morgan fingerprint density at radius 1 is 0.826 bits per heavy atom. The van der Waals surface area contributed by atoms with E-state index in [2.05, 4.69) is 20.4 Å². The number of nitrogens with zero attached hydrogens (tertiary/aromatic N) is 5. The summed E-state index contributed by atoms with van der Waals surface area (Å²) in [6.45, 7) is 3.95. The third-order valence-electron chi connectivity index (χ3n) is 3.20. The first kappa shape index (κ1) is 14.8. The van der Waals surface area contributed by atoms with E-state index < -0.39 is 0 Å². The van der Waals surface area contributed by atoms with Crippen molar-refractivity contribution in [2.45, 2.75) is 13.8 Å². The van der Waals surface area contributed by atoms with Gasteiger partial charge in [0.1, 0.15) is 0 Å². The highest BCUT2D eigenvalue weighted by Crippen LogP contribution is 2.12. The predicted octanol–water partition coefficient (Wildman–Crippen LogP) is 3.08. The molecule has 1 aromatic carbocycles. The van der Waals surface area contributed by atoms with Crippen LogP contribution in [0.15, 0.2) is 67.3 Å². The van der Waals surface area contributed by atoms with Gasteiger partial charge in [-0.2, -0.15) is 15.3 Å². The van der Waals surface area contributed by atoms with Crippen LogP contribution in [0.3, 0.4) is 0 Å². The third kappa shape index (κ3) is 3.74. The number of benzene rings is 1. The zero-order valence-corrected chi connectivity index (χ0v) is 13.1. The first-order chi connectivity index (χ1) is 11.2. The molecule has 116 valence electrons. The van der Waals surface area contributed by atoms with E-state index in [1.807, 2.05) is 78.1 Å². The first-order valence-electron chi connectivity index (χ1n) is 7.31. The topological polar surface area (TPSA) is 64.3 Å². The lowest BCUT2D eigenvalue weighted by Crippen LogP contribution is -1.98. The van der Waals surface area contributed by atoms with Crippen molar-refractivity contribution in [1.82, 2.24) is 29.8 Å². The van der Waals surface area contributed by atoms with Gasteiger partial charge in [-0.15, -0.1) is 0 Å². The molecule has 4 rings (SSSR count). The van der Waals surface area contributed by atoms with E-state index in [4.69, 9.17) is 0 Å². The molecule has 3 heterocycles. The summed E-state index contributed by atoms with van der Waals surface area (Å²) in [4.78, 5) is 0. The summed E-state index contributed by atoms with van der Waals surface area (Å²) in [6, 6.07) is 13.9. The summed E-state index contributed by atoms with van der Waals surface area (Å²) >= 11 is 0. The average molecular weight is 306 g/mol. The number of nitrogens with one attached hydrogen (secondary N) is 1. The molecule has 0 aliphatic rings. The molecule has 0 saturated carbocycles. The van der Waals surface area contributed by atoms with E-state index in [0.717, 1.165) is 22.8 Å². The molecule has 3 aromatic heterocycles. The Balaban J connectivity index is 0.000000188. The standard InChI is InChI=1S/C12H10N4.C5H8N2/c1-4-11(15-8-2-6-13-15)10-12(5-1)16-9-3-7-14-16;1-4-3-5(2)7-6-4/h1-10H;3H,1-2H3,(H,6,7). The highest BCUT2D eigenvalue weighted by molar-refractivity contribution is 5.42. The molecule has 0 saturated heterocycles. The van der Waals surface area contributed by atoms with Gasteiger partial charge in [-0.25, -0.2) is 9.36 Å². The van der Waals surface area contributed by atoms with Crippen molar-refractivity contribution in [3.8, 4) is 11.4 Å². The third-order valence-corrected chi connectivity index (χ3v) is 3.20. The monoisotopic (exact) mass is 306 g/mol. The molecule has 0 atom stereocenters. The van der Waals surface area contributed by atoms with Gasteiger partial charge in [-0.05, 0) is 50.2 Å². The largest absolute Gasteiger partial charge is 0.283 e. The van der Waals surface area contributed by atoms with Gasteiger partial charge in [0.2, 0.25) is 0 Å². The number of aryl methyl sites for hydroxylation is 2. The Hall–Kier alpha value is -3.15. The van der Waals surface area contributed by atoms with Crippen LogP contribution in [0.25, 0.3) is 11.4 Å². The fourth-order valence-electron chi connectivity index (χ4n) is 2.18. The fourth-order valence-corrected chi connectivity index (χ4v) is 2.18. The second-order valence-corrected chi connectivity index (χ2v) is 5.11. The Labute approximate surface area is 134 Å². The Kier molecular flexibility index (Phi) is 4.33. The van der Waals surface area contributed by atoms with Crippen molar-refractivity contribution in [3.05, 3.63) is 78.6 Å². The number of aromatic amines is 1. The predicted molar refractivity (Wildman–Crippen MR) is 88.7 cm³/mol. The molecule has 0 fully saturated rings. The van der Waals surface area contributed by atoms with Crippen LogP contribution in [-0.2, 0) is 0 Å². The van der Waals surface area contributed by atoms with E-state index in [1.165, 1.54) is 0 Å². The van der Waals surface area contributed by atoms with E-state index in [1.54, 1.807) is 12.4 Å². The van der Waals surface area contributed by atoms with Crippen molar-refractivity contribution < 1.29 is 0 Å². The molecule has 23 heavy (non-hydrogen) atoms.